The Hall–Kier alpha value is -2.53. The number of hydrogen-bond donors (Lipinski definition) is 1. The molecule has 1 aromatic carbocycles. The van der Waals surface area contributed by atoms with Crippen molar-refractivity contribution in [1.29, 1.82) is 0 Å². The molecule has 3 rings (SSSR count). The minimum absolute atomic E-state index is 0.0886. The van der Waals surface area contributed by atoms with E-state index in [1.165, 1.54) is 0 Å². The molecule has 2 heterocycles. The normalized spacial score (nSPS) is 11.4. The summed E-state index contributed by atoms with van der Waals surface area (Å²) in [4.78, 5) is 13.1. The van der Waals surface area contributed by atoms with E-state index in [9.17, 15) is 4.79 Å². The predicted molar refractivity (Wildman–Crippen MR) is 107 cm³/mol. The van der Waals surface area contributed by atoms with Gasteiger partial charge in [0.1, 0.15) is 5.76 Å². The van der Waals surface area contributed by atoms with Crippen LogP contribution in [-0.4, -0.2) is 15.7 Å². The van der Waals surface area contributed by atoms with Crippen molar-refractivity contribution in [1.82, 2.24) is 15.1 Å². The van der Waals surface area contributed by atoms with Crippen LogP contribution in [0, 0.1) is 0 Å². The Morgan fingerprint density at radius 2 is 1.89 bits per heavy atom. The summed E-state index contributed by atoms with van der Waals surface area (Å²) in [5, 5.41) is 8.33. The van der Waals surface area contributed by atoms with Gasteiger partial charge in [0.2, 0.25) is 0 Å². The van der Waals surface area contributed by atoms with Gasteiger partial charge in [0.05, 0.1) is 40.5 Å². The molecule has 142 valence electrons. The summed E-state index contributed by atoms with van der Waals surface area (Å²) in [6.07, 6.45) is 1.59. The van der Waals surface area contributed by atoms with E-state index in [0.29, 0.717) is 22.9 Å². The maximum Gasteiger partial charge on any atom is 0.255 e. The second kappa shape index (κ2) is 8.01. The Morgan fingerprint density at radius 3 is 2.48 bits per heavy atom. The molecule has 0 radical (unpaired) electrons. The molecule has 0 fully saturated rings. The number of aromatic nitrogens is 2. The van der Waals surface area contributed by atoms with Gasteiger partial charge in [-0.15, -0.1) is 0 Å². The van der Waals surface area contributed by atoms with Crippen molar-refractivity contribution in [2.45, 2.75) is 46.1 Å². The number of carbonyl (C=O) groups excluding carboxylic acids is 1. The van der Waals surface area contributed by atoms with E-state index in [0.717, 1.165) is 17.1 Å². The Bertz CT molecular complexity index is 927. The lowest BCUT2D eigenvalue weighted by Crippen LogP contribution is -2.25. The van der Waals surface area contributed by atoms with Gasteiger partial charge in [-0.25, -0.2) is 4.68 Å². The van der Waals surface area contributed by atoms with Gasteiger partial charge in [-0.2, -0.15) is 5.10 Å². The van der Waals surface area contributed by atoms with Crippen molar-refractivity contribution in [2.24, 2.45) is 0 Å². The van der Waals surface area contributed by atoms with Crippen LogP contribution in [0.3, 0.4) is 0 Å². The number of halogens is 1. The number of furan rings is 1. The van der Waals surface area contributed by atoms with E-state index in [-0.39, 0.29) is 17.7 Å². The Balaban J connectivity index is 2.08. The highest BCUT2D eigenvalue weighted by Crippen LogP contribution is 2.32. The largest absolute Gasteiger partial charge is 0.467 e. The van der Waals surface area contributed by atoms with Gasteiger partial charge >= 0.3 is 0 Å². The maximum absolute atomic E-state index is 13.1. The molecule has 1 amide bonds. The Labute approximate surface area is 164 Å². The first-order chi connectivity index (χ1) is 12.9. The van der Waals surface area contributed by atoms with Gasteiger partial charge in [0, 0.05) is 0 Å². The van der Waals surface area contributed by atoms with Crippen molar-refractivity contribution in [3.05, 3.63) is 70.4 Å². The van der Waals surface area contributed by atoms with Crippen LogP contribution in [0.15, 0.2) is 47.1 Å². The number of amides is 1. The first-order valence-corrected chi connectivity index (χ1v) is 9.46. The van der Waals surface area contributed by atoms with Gasteiger partial charge in [0.15, 0.2) is 0 Å². The average molecular weight is 386 g/mol. The minimum atomic E-state index is -0.155. The fraction of sp³-hybridized carbons (Fsp3) is 0.333. The van der Waals surface area contributed by atoms with Crippen molar-refractivity contribution >= 4 is 17.5 Å². The van der Waals surface area contributed by atoms with Gasteiger partial charge in [-0.1, -0.05) is 51.4 Å². The van der Waals surface area contributed by atoms with E-state index in [1.54, 1.807) is 12.3 Å². The molecule has 2 aromatic heterocycles. The van der Waals surface area contributed by atoms with Crippen molar-refractivity contribution in [3.63, 3.8) is 0 Å². The van der Waals surface area contributed by atoms with Crippen LogP contribution in [-0.2, 0) is 6.54 Å². The van der Waals surface area contributed by atoms with E-state index in [4.69, 9.17) is 21.1 Å². The van der Waals surface area contributed by atoms with E-state index < -0.39 is 0 Å². The third kappa shape index (κ3) is 3.93. The molecule has 0 unspecified atom stereocenters. The van der Waals surface area contributed by atoms with E-state index in [1.807, 2.05) is 48.9 Å². The molecule has 0 saturated heterocycles. The zero-order chi connectivity index (χ0) is 19.6. The fourth-order valence-corrected chi connectivity index (χ4v) is 3.31. The zero-order valence-electron chi connectivity index (χ0n) is 16.0. The molecular formula is C21H24ClN3O2. The molecular weight excluding hydrogens is 362 g/mol. The maximum atomic E-state index is 13.1. The molecule has 0 aliphatic heterocycles. The first-order valence-electron chi connectivity index (χ1n) is 9.08. The quantitative estimate of drug-likeness (QED) is 0.626. The lowest BCUT2D eigenvalue weighted by atomic mass is 9.98. The summed E-state index contributed by atoms with van der Waals surface area (Å²) in [5.74, 6) is 0.734. The lowest BCUT2D eigenvalue weighted by molar-refractivity contribution is 0.0945. The summed E-state index contributed by atoms with van der Waals surface area (Å²) in [7, 11) is 0. The SMILES string of the molecule is CC(C)c1nn(-c2ccccc2Cl)c(C(C)C)c1C(=O)NCc1ccco1. The standard InChI is InChI=1S/C21H24ClN3O2/c1-13(2)19-18(21(26)23-12-15-8-7-11-27-15)20(14(3)4)25(24-19)17-10-6-5-9-16(17)22/h5-11,13-14H,12H2,1-4H3,(H,23,26). The molecule has 0 bridgehead atoms. The van der Waals surface area contributed by atoms with Gasteiger partial charge in [0.25, 0.3) is 5.91 Å². The van der Waals surface area contributed by atoms with Gasteiger partial charge in [-0.3, -0.25) is 4.79 Å². The van der Waals surface area contributed by atoms with Crippen LogP contribution in [0.4, 0.5) is 0 Å². The highest BCUT2D eigenvalue weighted by Gasteiger charge is 2.28. The molecule has 6 heteroatoms. The van der Waals surface area contributed by atoms with E-state index >= 15 is 0 Å². The highest BCUT2D eigenvalue weighted by atomic mass is 35.5. The number of para-hydroxylation sites is 1. The molecule has 27 heavy (non-hydrogen) atoms. The lowest BCUT2D eigenvalue weighted by Gasteiger charge is -2.14. The van der Waals surface area contributed by atoms with Crippen LogP contribution in [0.25, 0.3) is 5.69 Å². The van der Waals surface area contributed by atoms with Crippen LogP contribution in [0.5, 0.6) is 0 Å². The minimum Gasteiger partial charge on any atom is -0.467 e. The molecule has 0 aliphatic rings. The summed E-state index contributed by atoms with van der Waals surface area (Å²) in [6.45, 7) is 8.51. The molecule has 0 aliphatic carbocycles. The topological polar surface area (TPSA) is 60.1 Å². The summed E-state index contributed by atoms with van der Waals surface area (Å²) < 4.78 is 7.12. The number of carbonyl (C=O) groups is 1. The van der Waals surface area contributed by atoms with Crippen LogP contribution < -0.4 is 5.32 Å². The molecule has 0 spiro atoms. The number of hydrogen-bond acceptors (Lipinski definition) is 3. The van der Waals surface area contributed by atoms with Crippen molar-refractivity contribution in [3.8, 4) is 5.69 Å². The molecule has 5 nitrogen and oxygen atoms in total. The summed E-state index contributed by atoms with van der Waals surface area (Å²) in [6, 6.07) is 11.2. The summed E-state index contributed by atoms with van der Waals surface area (Å²) >= 11 is 6.41. The fourth-order valence-electron chi connectivity index (χ4n) is 3.09. The molecule has 1 N–H and O–H groups in total. The molecule has 0 atom stereocenters. The van der Waals surface area contributed by atoms with Crippen LogP contribution >= 0.6 is 11.6 Å². The van der Waals surface area contributed by atoms with Crippen LogP contribution in [0.1, 0.15) is 67.0 Å². The summed E-state index contributed by atoms with van der Waals surface area (Å²) in [5.41, 5.74) is 3.00. The van der Waals surface area contributed by atoms with Gasteiger partial charge < -0.3 is 9.73 Å². The predicted octanol–water partition coefficient (Wildman–Crippen LogP) is 5.30. The van der Waals surface area contributed by atoms with Crippen molar-refractivity contribution < 1.29 is 9.21 Å². The smallest absolute Gasteiger partial charge is 0.255 e. The first kappa shape index (κ1) is 19.2. The molecule has 3 aromatic rings. The third-order valence-electron chi connectivity index (χ3n) is 4.35. The second-order valence-corrected chi connectivity index (χ2v) is 7.49. The number of benzene rings is 1. The monoisotopic (exact) mass is 385 g/mol. The molecule has 0 saturated carbocycles. The average Bonchev–Trinajstić information content (AvgIpc) is 3.27. The zero-order valence-corrected chi connectivity index (χ0v) is 16.7. The van der Waals surface area contributed by atoms with Crippen molar-refractivity contribution in [2.75, 3.05) is 0 Å². The number of nitrogens with zero attached hydrogens (tertiary/aromatic N) is 2. The Kier molecular flexibility index (Phi) is 5.71. The number of rotatable bonds is 6. The number of nitrogens with one attached hydrogen (secondary N) is 1. The Morgan fingerprint density at radius 1 is 1.15 bits per heavy atom. The van der Waals surface area contributed by atoms with Crippen LogP contribution in [0.2, 0.25) is 5.02 Å². The van der Waals surface area contributed by atoms with E-state index in [2.05, 4.69) is 19.2 Å². The second-order valence-electron chi connectivity index (χ2n) is 7.08. The van der Waals surface area contributed by atoms with Gasteiger partial charge in [-0.05, 0) is 36.1 Å². The third-order valence-corrected chi connectivity index (χ3v) is 4.67. The highest BCUT2D eigenvalue weighted by molar-refractivity contribution is 6.32.